The fourth-order valence-electron chi connectivity index (χ4n) is 3.59. The Kier molecular flexibility index (Phi) is 5.62. The Labute approximate surface area is 172 Å². The van der Waals surface area contributed by atoms with Crippen LogP contribution in [0, 0.1) is 12.7 Å². The second-order valence-corrected chi connectivity index (χ2v) is 8.32. The summed E-state index contributed by atoms with van der Waals surface area (Å²) in [6, 6.07) is 8.23. The molecular formula is C21H23FN4O2S. The van der Waals surface area contributed by atoms with E-state index in [1.165, 1.54) is 23.5 Å². The van der Waals surface area contributed by atoms with Gasteiger partial charge in [0.05, 0.1) is 17.1 Å². The van der Waals surface area contributed by atoms with Crippen LogP contribution in [-0.2, 0) is 11.3 Å². The van der Waals surface area contributed by atoms with Gasteiger partial charge in [0.2, 0.25) is 5.91 Å². The molecule has 0 bridgehead atoms. The number of aryl methyl sites for hydroxylation is 1. The highest BCUT2D eigenvalue weighted by molar-refractivity contribution is 7.20. The van der Waals surface area contributed by atoms with E-state index in [0.717, 1.165) is 40.9 Å². The number of thiophene rings is 1. The summed E-state index contributed by atoms with van der Waals surface area (Å²) in [7, 11) is 0. The van der Waals surface area contributed by atoms with Gasteiger partial charge in [0.15, 0.2) is 0 Å². The highest BCUT2D eigenvalue weighted by Gasteiger charge is 2.20. The van der Waals surface area contributed by atoms with Crippen LogP contribution in [0.1, 0.15) is 40.2 Å². The largest absolute Gasteiger partial charge is 0.351 e. The van der Waals surface area contributed by atoms with Crippen molar-refractivity contribution in [1.82, 2.24) is 20.0 Å². The number of carbonyl (C=O) groups excluding carboxylic acids is 2. The van der Waals surface area contributed by atoms with Gasteiger partial charge >= 0.3 is 0 Å². The van der Waals surface area contributed by atoms with Crippen molar-refractivity contribution in [3.05, 3.63) is 52.3 Å². The maximum absolute atomic E-state index is 13.1. The number of hydrogen-bond donors (Lipinski definition) is 1. The van der Waals surface area contributed by atoms with Gasteiger partial charge in [-0.15, -0.1) is 11.3 Å². The van der Waals surface area contributed by atoms with Crippen molar-refractivity contribution in [2.45, 2.75) is 32.7 Å². The van der Waals surface area contributed by atoms with Crippen LogP contribution in [0.5, 0.6) is 0 Å². The molecule has 0 spiro atoms. The predicted molar refractivity (Wildman–Crippen MR) is 111 cm³/mol. The van der Waals surface area contributed by atoms with Crippen LogP contribution in [0.4, 0.5) is 4.39 Å². The number of amides is 2. The number of hydrogen-bond acceptors (Lipinski definition) is 4. The van der Waals surface area contributed by atoms with Crippen molar-refractivity contribution in [1.29, 1.82) is 0 Å². The molecule has 3 aromatic rings. The molecule has 1 N–H and O–H groups in total. The van der Waals surface area contributed by atoms with Gasteiger partial charge in [0.1, 0.15) is 10.6 Å². The Bertz CT molecular complexity index is 1040. The maximum atomic E-state index is 13.1. The number of aromatic nitrogens is 2. The third-order valence-corrected chi connectivity index (χ3v) is 6.29. The molecule has 4 rings (SSSR count). The highest BCUT2D eigenvalue weighted by Crippen LogP contribution is 2.29. The topological polar surface area (TPSA) is 67.2 Å². The van der Waals surface area contributed by atoms with Crippen molar-refractivity contribution in [3.63, 3.8) is 0 Å². The summed E-state index contributed by atoms with van der Waals surface area (Å²) in [4.78, 5) is 27.6. The fourth-order valence-corrected chi connectivity index (χ4v) is 4.67. The number of nitrogens with zero attached hydrogens (tertiary/aromatic N) is 3. The minimum atomic E-state index is -0.264. The zero-order valence-electron chi connectivity index (χ0n) is 16.3. The van der Waals surface area contributed by atoms with E-state index in [0.29, 0.717) is 30.9 Å². The van der Waals surface area contributed by atoms with Gasteiger partial charge in [-0.1, -0.05) is 12.1 Å². The van der Waals surface area contributed by atoms with E-state index in [1.807, 2.05) is 22.6 Å². The highest BCUT2D eigenvalue weighted by atomic mass is 32.1. The molecule has 0 atom stereocenters. The van der Waals surface area contributed by atoms with Crippen LogP contribution in [-0.4, -0.2) is 46.1 Å². The lowest BCUT2D eigenvalue weighted by molar-refractivity contribution is -0.127. The van der Waals surface area contributed by atoms with Crippen molar-refractivity contribution in [2.24, 2.45) is 0 Å². The molecule has 2 aromatic heterocycles. The third kappa shape index (κ3) is 4.32. The standard InChI is InChI=1S/C21H23FN4O2S/c1-14-17-12-18(20(28)23-9-3-11-25-10-2-4-19(25)27)29-21(17)26(24-14)13-15-5-7-16(22)8-6-15/h5-8,12H,2-4,9-11,13H2,1H3,(H,23,28). The molecule has 0 unspecified atom stereocenters. The molecule has 6 nitrogen and oxygen atoms in total. The van der Waals surface area contributed by atoms with Crippen molar-refractivity contribution in [2.75, 3.05) is 19.6 Å². The first-order chi connectivity index (χ1) is 14.0. The molecule has 29 heavy (non-hydrogen) atoms. The smallest absolute Gasteiger partial charge is 0.261 e. The van der Waals surface area contributed by atoms with E-state index in [9.17, 15) is 14.0 Å². The van der Waals surface area contributed by atoms with E-state index >= 15 is 0 Å². The number of fused-ring (bicyclic) bond motifs is 1. The van der Waals surface area contributed by atoms with Gasteiger partial charge in [-0.25, -0.2) is 4.39 Å². The Morgan fingerprint density at radius 3 is 2.83 bits per heavy atom. The van der Waals surface area contributed by atoms with Crippen LogP contribution in [0.25, 0.3) is 10.2 Å². The van der Waals surface area contributed by atoms with Gasteiger partial charge < -0.3 is 10.2 Å². The van der Waals surface area contributed by atoms with Gasteiger partial charge in [0, 0.05) is 31.4 Å². The van der Waals surface area contributed by atoms with E-state index in [2.05, 4.69) is 10.4 Å². The summed E-state index contributed by atoms with van der Waals surface area (Å²) in [5, 5.41) is 8.47. The predicted octanol–water partition coefficient (Wildman–Crippen LogP) is 3.34. The number of rotatable bonds is 7. The molecule has 0 saturated carbocycles. The van der Waals surface area contributed by atoms with Crippen LogP contribution in [0.3, 0.4) is 0 Å². The number of carbonyl (C=O) groups is 2. The van der Waals surface area contributed by atoms with Gasteiger partial charge in [-0.2, -0.15) is 5.10 Å². The molecule has 1 aliphatic heterocycles. The second-order valence-electron chi connectivity index (χ2n) is 7.29. The Morgan fingerprint density at radius 1 is 1.31 bits per heavy atom. The minimum absolute atomic E-state index is 0.105. The van der Waals surface area contributed by atoms with E-state index in [-0.39, 0.29) is 17.6 Å². The number of halogens is 1. The zero-order chi connectivity index (χ0) is 20.4. The van der Waals surface area contributed by atoms with Crippen molar-refractivity contribution >= 4 is 33.4 Å². The molecule has 1 aromatic carbocycles. The zero-order valence-corrected chi connectivity index (χ0v) is 17.1. The Balaban J connectivity index is 1.39. The molecule has 3 heterocycles. The molecule has 1 fully saturated rings. The maximum Gasteiger partial charge on any atom is 0.261 e. The SMILES string of the molecule is Cc1nn(Cc2ccc(F)cc2)c2sc(C(=O)NCCCN3CCCC3=O)cc12. The molecule has 1 aliphatic rings. The van der Waals surface area contributed by atoms with E-state index in [4.69, 9.17) is 0 Å². The van der Waals surface area contributed by atoms with Gasteiger partial charge in [-0.05, 0) is 43.5 Å². The summed E-state index contributed by atoms with van der Waals surface area (Å²) in [5.41, 5.74) is 1.82. The summed E-state index contributed by atoms with van der Waals surface area (Å²) in [6.07, 6.45) is 2.32. The third-order valence-electron chi connectivity index (χ3n) is 5.14. The Hall–Kier alpha value is -2.74. The second kappa shape index (κ2) is 8.32. The first kappa shape index (κ1) is 19.6. The summed E-state index contributed by atoms with van der Waals surface area (Å²) in [6.45, 7) is 4.50. The summed E-state index contributed by atoms with van der Waals surface area (Å²) < 4.78 is 15.0. The van der Waals surface area contributed by atoms with Crippen LogP contribution < -0.4 is 5.32 Å². The summed E-state index contributed by atoms with van der Waals surface area (Å²) >= 11 is 1.41. The lowest BCUT2D eigenvalue weighted by Gasteiger charge is -2.15. The monoisotopic (exact) mass is 414 g/mol. The van der Waals surface area contributed by atoms with Crippen molar-refractivity contribution in [3.8, 4) is 0 Å². The Morgan fingerprint density at radius 2 is 2.10 bits per heavy atom. The van der Waals surface area contributed by atoms with Gasteiger partial charge in [-0.3, -0.25) is 14.3 Å². The lowest BCUT2D eigenvalue weighted by atomic mass is 10.2. The number of nitrogens with one attached hydrogen (secondary N) is 1. The normalized spacial score (nSPS) is 14.1. The molecule has 0 radical (unpaired) electrons. The number of benzene rings is 1. The van der Waals surface area contributed by atoms with Crippen LogP contribution in [0.2, 0.25) is 0 Å². The van der Waals surface area contributed by atoms with Crippen molar-refractivity contribution < 1.29 is 14.0 Å². The lowest BCUT2D eigenvalue weighted by Crippen LogP contribution is -2.30. The first-order valence-electron chi connectivity index (χ1n) is 9.78. The molecule has 1 saturated heterocycles. The molecule has 152 valence electrons. The fraction of sp³-hybridized carbons (Fsp3) is 0.381. The van der Waals surface area contributed by atoms with Crippen LogP contribution in [0.15, 0.2) is 30.3 Å². The average Bonchev–Trinajstić information content (AvgIpc) is 3.39. The molecule has 0 aliphatic carbocycles. The van der Waals surface area contributed by atoms with E-state index in [1.54, 1.807) is 12.1 Å². The average molecular weight is 415 g/mol. The quantitative estimate of drug-likeness (QED) is 0.603. The van der Waals surface area contributed by atoms with Gasteiger partial charge in [0.25, 0.3) is 5.91 Å². The first-order valence-corrected chi connectivity index (χ1v) is 10.6. The summed E-state index contributed by atoms with van der Waals surface area (Å²) in [5.74, 6) is -0.159. The minimum Gasteiger partial charge on any atom is -0.351 e. The molecule has 2 amide bonds. The van der Waals surface area contributed by atoms with Crippen LogP contribution >= 0.6 is 11.3 Å². The molecule has 8 heteroatoms. The van der Waals surface area contributed by atoms with E-state index < -0.39 is 0 Å². The molecular weight excluding hydrogens is 391 g/mol. The number of likely N-dealkylation sites (tertiary alicyclic amines) is 1.